The molecule has 0 aromatic heterocycles. The first-order chi connectivity index (χ1) is 22.6. The highest BCUT2D eigenvalue weighted by Crippen LogP contribution is 2.25. The van der Waals surface area contributed by atoms with Crippen molar-refractivity contribution in [3.8, 4) is 0 Å². The van der Waals surface area contributed by atoms with E-state index in [1.54, 1.807) is 0 Å². The van der Waals surface area contributed by atoms with Crippen molar-refractivity contribution in [2.45, 2.75) is 139 Å². The number of rotatable bonds is 22. The molecule has 0 amide bonds. The van der Waals surface area contributed by atoms with Crippen molar-refractivity contribution in [2.24, 2.45) is 0 Å². The van der Waals surface area contributed by atoms with Crippen LogP contribution in [0.3, 0.4) is 0 Å². The number of hydrogen-bond donors (Lipinski definition) is 8. The molecule has 0 aromatic rings. The summed E-state index contributed by atoms with van der Waals surface area (Å²) < 4.78 is 27.3. The molecule has 11 unspecified atom stereocenters. The Morgan fingerprint density at radius 2 is 1.19 bits per heavy atom. The minimum absolute atomic E-state index is 0.153. The molecule has 2 fully saturated rings. The van der Waals surface area contributed by atoms with E-state index in [2.05, 4.69) is 43.4 Å². The van der Waals surface area contributed by atoms with Gasteiger partial charge in [0, 0.05) is 6.42 Å². The van der Waals surface area contributed by atoms with Crippen LogP contribution in [0.15, 0.2) is 36.5 Å². The third-order valence-corrected chi connectivity index (χ3v) is 7.93. The van der Waals surface area contributed by atoms with Gasteiger partial charge in [0.2, 0.25) is 0 Å². The van der Waals surface area contributed by atoms with E-state index in [4.69, 9.17) is 23.7 Å². The largest absolute Gasteiger partial charge is 0.463 e. The van der Waals surface area contributed by atoms with Crippen LogP contribution in [0.25, 0.3) is 0 Å². The summed E-state index contributed by atoms with van der Waals surface area (Å²) in [5, 5.41) is 79.8. The smallest absolute Gasteiger partial charge is 0.305 e. The predicted molar refractivity (Wildman–Crippen MR) is 169 cm³/mol. The van der Waals surface area contributed by atoms with Gasteiger partial charge in [-0.05, 0) is 38.5 Å². The van der Waals surface area contributed by atoms with Crippen molar-refractivity contribution in [1.29, 1.82) is 0 Å². The number of allylic oxidation sites excluding steroid dienone is 6. The fraction of sp³-hybridized carbons (Fsp3) is 0.788. The average molecular weight is 677 g/mol. The van der Waals surface area contributed by atoms with E-state index in [0.717, 1.165) is 51.4 Å². The van der Waals surface area contributed by atoms with Gasteiger partial charge < -0.3 is 64.5 Å². The highest BCUT2D eigenvalue weighted by molar-refractivity contribution is 5.69. The number of carbonyl (C=O) groups excluding carboxylic acids is 1. The summed E-state index contributed by atoms with van der Waals surface area (Å²) >= 11 is 0. The molecule has 2 rings (SSSR count). The van der Waals surface area contributed by atoms with Gasteiger partial charge in [0.1, 0.15) is 61.5 Å². The minimum atomic E-state index is -1.73. The van der Waals surface area contributed by atoms with Crippen LogP contribution in [0.5, 0.6) is 0 Å². The fourth-order valence-corrected chi connectivity index (χ4v) is 5.05. The first kappa shape index (κ1) is 41.4. The first-order valence-corrected chi connectivity index (χ1v) is 16.6. The first-order valence-electron chi connectivity index (χ1n) is 16.6. The zero-order valence-corrected chi connectivity index (χ0v) is 27.2. The summed E-state index contributed by atoms with van der Waals surface area (Å²) in [5.41, 5.74) is 0. The molecule has 14 nitrogen and oxygen atoms in total. The molecule has 0 radical (unpaired) electrons. The maximum absolute atomic E-state index is 12.5. The molecular weight excluding hydrogens is 620 g/mol. The van der Waals surface area contributed by atoms with Crippen LogP contribution < -0.4 is 0 Å². The van der Waals surface area contributed by atoms with E-state index in [1.165, 1.54) is 0 Å². The Bertz CT molecular complexity index is 925. The third-order valence-electron chi connectivity index (χ3n) is 7.93. The molecular formula is C33H56O14. The van der Waals surface area contributed by atoms with Crippen LogP contribution in [-0.2, 0) is 28.5 Å². The Morgan fingerprint density at radius 1 is 0.660 bits per heavy atom. The Labute approximate surface area is 276 Å². The van der Waals surface area contributed by atoms with Gasteiger partial charge in [-0.15, -0.1) is 0 Å². The number of aliphatic hydroxyl groups is 8. The second-order valence-electron chi connectivity index (χ2n) is 11.8. The van der Waals surface area contributed by atoms with Gasteiger partial charge in [-0.2, -0.15) is 0 Å². The van der Waals surface area contributed by atoms with Crippen molar-refractivity contribution >= 4 is 5.97 Å². The lowest BCUT2D eigenvalue weighted by molar-refractivity contribution is -0.330. The quantitative estimate of drug-likeness (QED) is 0.0433. The van der Waals surface area contributed by atoms with Gasteiger partial charge in [0.25, 0.3) is 0 Å². The van der Waals surface area contributed by atoms with E-state index in [9.17, 15) is 45.6 Å². The molecule has 2 saturated heterocycles. The van der Waals surface area contributed by atoms with Crippen molar-refractivity contribution in [3.05, 3.63) is 36.5 Å². The fourth-order valence-electron chi connectivity index (χ4n) is 5.05. The SMILES string of the molecule is CCC=CCC=CCC=CCCCCCCCC(=O)OCC(COC1OC(CO)C(O)C(O)C1O)OC1OC(CO)C(O)C(O)C1O. The Hall–Kier alpha value is -1.79. The lowest BCUT2D eigenvalue weighted by Gasteiger charge is -2.41. The van der Waals surface area contributed by atoms with Gasteiger partial charge in [0.05, 0.1) is 19.8 Å². The van der Waals surface area contributed by atoms with Gasteiger partial charge >= 0.3 is 5.97 Å². The van der Waals surface area contributed by atoms with E-state index in [-0.39, 0.29) is 6.42 Å². The predicted octanol–water partition coefficient (Wildman–Crippen LogP) is 0.121. The topological polar surface area (TPSA) is 225 Å². The molecule has 0 aliphatic carbocycles. The second-order valence-corrected chi connectivity index (χ2v) is 11.8. The number of carbonyl (C=O) groups is 1. The van der Waals surface area contributed by atoms with Crippen LogP contribution in [0, 0.1) is 0 Å². The van der Waals surface area contributed by atoms with Crippen molar-refractivity contribution < 1.29 is 69.3 Å². The van der Waals surface area contributed by atoms with Crippen molar-refractivity contribution in [2.75, 3.05) is 26.4 Å². The van der Waals surface area contributed by atoms with E-state index < -0.39 is 99.9 Å². The molecule has 47 heavy (non-hydrogen) atoms. The lowest BCUT2D eigenvalue weighted by atomic mass is 9.99. The zero-order valence-electron chi connectivity index (χ0n) is 27.2. The van der Waals surface area contributed by atoms with Gasteiger partial charge in [0.15, 0.2) is 12.6 Å². The molecule has 0 bridgehead atoms. The standard InChI is InChI=1S/C33H56O14/c1-2-3-4-5-6-7-8-9-10-11-12-13-14-15-16-17-25(36)43-20-22(45-33-31(42)29(40)27(38)24(19-35)47-33)21-44-32-30(41)28(39)26(37)23(18-34)46-32/h3-4,6-7,9-10,22-24,26-35,37-42H,2,5,8,11-21H2,1H3. The van der Waals surface area contributed by atoms with Crippen LogP contribution >= 0.6 is 0 Å². The molecule has 0 spiro atoms. The van der Waals surface area contributed by atoms with Gasteiger partial charge in [-0.1, -0.05) is 62.6 Å². The molecule has 272 valence electrons. The summed E-state index contributed by atoms with van der Waals surface area (Å²) in [6.07, 6.45) is 4.89. The number of esters is 1. The summed E-state index contributed by atoms with van der Waals surface area (Å²) in [7, 11) is 0. The van der Waals surface area contributed by atoms with Crippen LogP contribution in [0.1, 0.15) is 71.1 Å². The van der Waals surface area contributed by atoms with E-state index >= 15 is 0 Å². The number of hydrogen-bond acceptors (Lipinski definition) is 14. The Balaban J connectivity index is 1.78. The Kier molecular flexibility index (Phi) is 20.7. The maximum atomic E-state index is 12.5. The normalized spacial score (nSPS) is 32.4. The molecule has 2 aliphatic rings. The highest BCUT2D eigenvalue weighted by Gasteiger charge is 2.46. The molecule has 2 aliphatic heterocycles. The molecule has 8 N–H and O–H groups in total. The summed E-state index contributed by atoms with van der Waals surface area (Å²) in [4.78, 5) is 12.5. The highest BCUT2D eigenvalue weighted by atomic mass is 16.7. The number of ether oxygens (including phenoxy) is 5. The molecule has 11 atom stereocenters. The number of unbranched alkanes of at least 4 members (excludes halogenated alkanes) is 5. The van der Waals surface area contributed by atoms with E-state index in [1.807, 2.05) is 0 Å². The van der Waals surface area contributed by atoms with Crippen LogP contribution in [0.2, 0.25) is 0 Å². The van der Waals surface area contributed by atoms with Crippen molar-refractivity contribution in [1.82, 2.24) is 0 Å². The van der Waals surface area contributed by atoms with E-state index in [0.29, 0.717) is 6.42 Å². The molecule has 2 heterocycles. The molecule has 0 saturated carbocycles. The van der Waals surface area contributed by atoms with Crippen molar-refractivity contribution in [3.63, 3.8) is 0 Å². The second kappa shape index (κ2) is 23.5. The van der Waals surface area contributed by atoms with Gasteiger partial charge in [-0.3, -0.25) is 4.79 Å². The molecule has 0 aromatic carbocycles. The summed E-state index contributed by atoms with van der Waals surface area (Å²) in [6, 6.07) is 0. The maximum Gasteiger partial charge on any atom is 0.305 e. The average Bonchev–Trinajstić information content (AvgIpc) is 3.07. The van der Waals surface area contributed by atoms with Gasteiger partial charge in [-0.25, -0.2) is 0 Å². The third kappa shape index (κ3) is 14.7. The zero-order chi connectivity index (χ0) is 34.6. The Morgan fingerprint density at radius 3 is 1.81 bits per heavy atom. The summed E-state index contributed by atoms with van der Waals surface area (Å²) in [6.45, 7) is -0.0880. The minimum Gasteiger partial charge on any atom is -0.463 e. The monoisotopic (exact) mass is 676 g/mol. The van der Waals surface area contributed by atoms with Crippen LogP contribution in [-0.4, -0.2) is 141 Å². The van der Waals surface area contributed by atoms with Crippen LogP contribution in [0.4, 0.5) is 0 Å². The summed E-state index contributed by atoms with van der Waals surface area (Å²) in [5.74, 6) is -0.513. The number of aliphatic hydroxyl groups excluding tert-OH is 8. The lowest BCUT2D eigenvalue weighted by Crippen LogP contribution is -2.60. The molecule has 14 heteroatoms.